The van der Waals surface area contributed by atoms with E-state index >= 15 is 0 Å². The number of hydrogen-bond acceptors (Lipinski definition) is 5. The van der Waals surface area contributed by atoms with Crippen LogP contribution in [-0.4, -0.2) is 68.6 Å². The third kappa shape index (κ3) is 3.64. The van der Waals surface area contributed by atoms with Crippen LogP contribution in [-0.2, 0) is 27.3 Å². The molecule has 0 saturated carbocycles. The van der Waals surface area contributed by atoms with Crippen molar-refractivity contribution in [3.8, 4) is 0 Å². The van der Waals surface area contributed by atoms with Crippen LogP contribution in [0.2, 0.25) is 0 Å². The van der Waals surface area contributed by atoms with E-state index in [1.54, 1.807) is 4.90 Å². The van der Waals surface area contributed by atoms with Gasteiger partial charge >= 0.3 is 0 Å². The van der Waals surface area contributed by atoms with Crippen molar-refractivity contribution in [1.82, 2.24) is 24.4 Å². The molecule has 2 fully saturated rings. The topological polar surface area (TPSA) is 100 Å². The summed E-state index contributed by atoms with van der Waals surface area (Å²) >= 11 is 0. The van der Waals surface area contributed by atoms with Gasteiger partial charge in [-0.25, -0.2) is 9.50 Å². The standard InChI is InChI=1S/C22H29N5O4/c1-2-20(28)26-10-7-16-15(13-26)21(29)27-19(23-16)12-17(24-27)14-5-8-25(9-6-14)22(30)18-4-3-11-31-18/h12,14,18,24H,2-11,13H2,1H3/t18-/m0/s1. The number of carbonyl (C=O) groups excluding carboxylic acids is 2. The third-order valence-corrected chi connectivity index (χ3v) is 6.89. The maximum atomic E-state index is 13.1. The molecule has 5 rings (SSSR count). The minimum atomic E-state index is -0.266. The maximum Gasteiger partial charge on any atom is 0.277 e. The summed E-state index contributed by atoms with van der Waals surface area (Å²) in [4.78, 5) is 46.1. The van der Waals surface area contributed by atoms with Crippen molar-refractivity contribution in [2.75, 3.05) is 26.2 Å². The second-order valence-corrected chi connectivity index (χ2v) is 8.77. The second kappa shape index (κ2) is 8.11. The van der Waals surface area contributed by atoms with Crippen LogP contribution in [0.15, 0.2) is 10.9 Å². The molecule has 5 heterocycles. The van der Waals surface area contributed by atoms with Crippen LogP contribution in [0.5, 0.6) is 0 Å². The molecule has 0 spiro atoms. The first kappa shape index (κ1) is 20.2. The van der Waals surface area contributed by atoms with Crippen LogP contribution in [0, 0.1) is 0 Å². The molecule has 2 aromatic rings. The molecule has 0 unspecified atom stereocenters. The zero-order valence-corrected chi connectivity index (χ0v) is 17.9. The minimum absolute atomic E-state index is 0.0617. The highest BCUT2D eigenvalue weighted by molar-refractivity contribution is 5.81. The van der Waals surface area contributed by atoms with E-state index in [9.17, 15) is 14.4 Å². The molecule has 31 heavy (non-hydrogen) atoms. The van der Waals surface area contributed by atoms with Crippen molar-refractivity contribution in [3.05, 3.63) is 33.4 Å². The lowest BCUT2D eigenvalue weighted by atomic mass is 9.93. The maximum absolute atomic E-state index is 13.1. The van der Waals surface area contributed by atoms with Gasteiger partial charge in [0.15, 0.2) is 5.65 Å². The van der Waals surface area contributed by atoms with E-state index in [-0.39, 0.29) is 29.4 Å². The molecule has 3 aliphatic heterocycles. The average Bonchev–Trinajstić information content (AvgIpc) is 3.49. The van der Waals surface area contributed by atoms with E-state index in [0.717, 1.165) is 37.1 Å². The van der Waals surface area contributed by atoms with Gasteiger partial charge in [-0.15, -0.1) is 0 Å². The Hall–Kier alpha value is -2.68. The van der Waals surface area contributed by atoms with Crippen LogP contribution >= 0.6 is 0 Å². The quantitative estimate of drug-likeness (QED) is 0.794. The van der Waals surface area contributed by atoms with Gasteiger partial charge in [-0.3, -0.25) is 19.5 Å². The molecule has 9 nitrogen and oxygen atoms in total. The molecule has 0 radical (unpaired) electrons. The summed E-state index contributed by atoms with van der Waals surface area (Å²) in [7, 11) is 0. The summed E-state index contributed by atoms with van der Waals surface area (Å²) in [5, 5.41) is 3.25. The number of aromatic amines is 1. The summed E-state index contributed by atoms with van der Waals surface area (Å²) in [5.74, 6) is 0.431. The number of rotatable bonds is 3. The van der Waals surface area contributed by atoms with Gasteiger partial charge in [-0.2, -0.15) is 0 Å². The number of amides is 2. The van der Waals surface area contributed by atoms with Crippen LogP contribution in [0.1, 0.15) is 61.9 Å². The monoisotopic (exact) mass is 427 g/mol. The Morgan fingerprint density at radius 2 is 2.00 bits per heavy atom. The lowest BCUT2D eigenvalue weighted by Gasteiger charge is -2.32. The first-order valence-corrected chi connectivity index (χ1v) is 11.4. The SMILES string of the molecule is CCC(=O)N1CCc2nc3cc(C4CCN(C(=O)[C@@H]5CCCO5)CC4)[nH]n3c(=O)c2C1. The number of carbonyl (C=O) groups is 2. The lowest BCUT2D eigenvalue weighted by Crippen LogP contribution is -2.43. The van der Waals surface area contributed by atoms with E-state index in [0.29, 0.717) is 56.8 Å². The summed E-state index contributed by atoms with van der Waals surface area (Å²) < 4.78 is 7.05. The predicted molar refractivity (Wildman–Crippen MR) is 113 cm³/mol. The zero-order chi connectivity index (χ0) is 21.5. The van der Waals surface area contributed by atoms with Gasteiger partial charge in [0.1, 0.15) is 6.10 Å². The van der Waals surface area contributed by atoms with E-state index < -0.39 is 0 Å². The molecule has 1 atom stereocenters. The van der Waals surface area contributed by atoms with Crippen LogP contribution in [0.25, 0.3) is 5.65 Å². The van der Waals surface area contributed by atoms with Crippen molar-refractivity contribution >= 4 is 17.5 Å². The molecule has 0 aromatic carbocycles. The first-order chi connectivity index (χ1) is 15.0. The van der Waals surface area contributed by atoms with Crippen LogP contribution in [0.4, 0.5) is 0 Å². The molecule has 1 N–H and O–H groups in total. The molecule has 2 aromatic heterocycles. The van der Waals surface area contributed by atoms with Gasteiger partial charge in [0, 0.05) is 56.8 Å². The van der Waals surface area contributed by atoms with Gasteiger partial charge in [0.05, 0.1) is 17.8 Å². The number of hydrogen-bond donors (Lipinski definition) is 1. The molecular weight excluding hydrogens is 398 g/mol. The fraction of sp³-hybridized carbons (Fsp3) is 0.636. The Labute approximate surface area is 180 Å². The van der Waals surface area contributed by atoms with Gasteiger partial charge < -0.3 is 14.5 Å². The highest BCUT2D eigenvalue weighted by Crippen LogP contribution is 2.29. The number of nitrogens with one attached hydrogen (secondary N) is 1. The van der Waals surface area contributed by atoms with Crippen LogP contribution in [0.3, 0.4) is 0 Å². The van der Waals surface area contributed by atoms with Gasteiger partial charge in [0.2, 0.25) is 5.91 Å². The van der Waals surface area contributed by atoms with Crippen molar-refractivity contribution in [2.24, 2.45) is 0 Å². The fourth-order valence-corrected chi connectivity index (χ4v) is 5.03. The van der Waals surface area contributed by atoms with Gasteiger partial charge in [0.25, 0.3) is 11.5 Å². The number of ether oxygens (including phenoxy) is 1. The first-order valence-electron chi connectivity index (χ1n) is 11.4. The fourth-order valence-electron chi connectivity index (χ4n) is 5.03. The highest BCUT2D eigenvalue weighted by Gasteiger charge is 2.32. The smallest absolute Gasteiger partial charge is 0.277 e. The Morgan fingerprint density at radius 1 is 1.19 bits per heavy atom. The number of likely N-dealkylation sites (tertiary alicyclic amines) is 1. The number of aromatic nitrogens is 3. The molecule has 2 amide bonds. The Kier molecular flexibility index (Phi) is 5.29. The molecule has 3 aliphatic rings. The highest BCUT2D eigenvalue weighted by atomic mass is 16.5. The molecular formula is C22H29N5O4. The predicted octanol–water partition coefficient (Wildman–Crippen LogP) is 1.20. The normalized spacial score (nSPS) is 22.2. The number of piperidine rings is 1. The molecule has 166 valence electrons. The minimum Gasteiger partial charge on any atom is -0.368 e. The summed E-state index contributed by atoms with van der Waals surface area (Å²) in [6.45, 7) is 4.85. The molecule has 0 aliphatic carbocycles. The zero-order valence-electron chi connectivity index (χ0n) is 17.9. The van der Waals surface area contributed by atoms with Crippen LogP contribution < -0.4 is 5.56 Å². The molecule has 2 saturated heterocycles. The lowest BCUT2D eigenvalue weighted by molar-refractivity contribution is -0.142. The van der Waals surface area contributed by atoms with Crippen molar-refractivity contribution in [2.45, 2.75) is 64.0 Å². The Morgan fingerprint density at radius 3 is 2.71 bits per heavy atom. The number of H-pyrrole nitrogens is 1. The average molecular weight is 428 g/mol. The third-order valence-electron chi connectivity index (χ3n) is 6.89. The van der Waals surface area contributed by atoms with Gasteiger partial charge in [-0.1, -0.05) is 6.92 Å². The van der Waals surface area contributed by atoms with E-state index in [4.69, 9.17) is 9.72 Å². The number of fused-ring (bicyclic) bond motifs is 2. The van der Waals surface area contributed by atoms with Gasteiger partial charge in [-0.05, 0) is 25.7 Å². The van der Waals surface area contributed by atoms with Crippen molar-refractivity contribution < 1.29 is 14.3 Å². The summed E-state index contributed by atoms with van der Waals surface area (Å²) in [5.41, 5.74) is 2.90. The summed E-state index contributed by atoms with van der Waals surface area (Å²) in [6.07, 6.45) is 4.25. The Bertz CT molecular complexity index is 1060. The van der Waals surface area contributed by atoms with E-state index in [1.807, 2.05) is 17.9 Å². The summed E-state index contributed by atoms with van der Waals surface area (Å²) in [6, 6.07) is 1.97. The van der Waals surface area contributed by atoms with E-state index in [2.05, 4.69) is 5.10 Å². The van der Waals surface area contributed by atoms with Crippen molar-refractivity contribution in [1.29, 1.82) is 0 Å². The largest absolute Gasteiger partial charge is 0.368 e. The molecule has 0 bridgehead atoms. The molecule has 9 heteroatoms. The van der Waals surface area contributed by atoms with E-state index in [1.165, 1.54) is 4.52 Å². The Balaban J connectivity index is 1.33. The second-order valence-electron chi connectivity index (χ2n) is 8.77. The number of nitrogens with zero attached hydrogens (tertiary/aromatic N) is 4. The van der Waals surface area contributed by atoms with Crippen molar-refractivity contribution in [3.63, 3.8) is 0 Å².